The fourth-order valence-electron chi connectivity index (χ4n) is 3.15. The van der Waals surface area contributed by atoms with Gasteiger partial charge in [-0.2, -0.15) is 0 Å². The summed E-state index contributed by atoms with van der Waals surface area (Å²) in [6, 6.07) is 14.7. The summed E-state index contributed by atoms with van der Waals surface area (Å²) in [4.78, 5) is 19.5. The first-order chi connectivity index (χ1) is 14.3. The number of carbonyl (C=O) groups excluding carboxylic acids is 1. The van der Waals surface area contributed by atoms with Crippen molar-refractivity contribution in [2.24, 2.45) is 4.99 Å². The van der Waals surface area contributed by atoms with Crippen molar-refractivity contribution >= 4 is 32.4 Å². The Morgan fingerprint density at radius 1 is 1.13 bits per heavy atom. The summed E-state index contributed by atoms with van der Waals surface area (Å²) in [6.07, 6.45) is 0.511. The molecule has 0 bridgehead atoms. The van der Waals surface area contributed by atoms with Crippen molar-refractivity contribution in [1.29, 1.82) is 0 Å². The van der Waals surface area contributed by atoms with E-state index in [-0.39, 0.29) is 24.0 Å². The predicted molar refractivity (Wildman–Crippen MR) is 119 cm³/mol. The van der Waals surface area contributed by atoms with Gasteiger partial charge in [-0.3, -0.25) is 9.79 Å². The molecule has 158 valence electrons. The van der Waals surface area contributed by atoms with E-state index in [4.69, 9.17) is 0 Å². The third-order valence-corrected chi connectivity index (χ3v) is 6.18. The number of H-pyrrole nitrogens is 1. The number of aromatic amines is 1. The molecule has 0 spiro atoms. The molecule has 0 fully saturated rings. The molecule has 2 aromatic carbocycles. The second-order valence-electron chi connectivity index (χ2n) is 6.91. The fraction of sp³-hybridized carbons (Fsp3) is 0.273. The highest BCUT2D eigenvalue weighted by Gasteiger charge is 2.19. The number of aromatic hydroxyl groups is 1. The Kier molecular flexibility index (Phi) is 6.69. The molecule has 30 heavy (non-hydrogen) atoms. The standard InChI is InChI=1S/C22H25N3O4S/c1-3-30(28,29)24-13-7-12-23-21(16-8-5-4-6-9-16)20-18-14-17(15(2)26)10-11-19(18)25-22(20)27/h4-6,8-11,14,24-25,27H,3,7,12-13H2,1-2H3. The molecule has 3 rings (SSSR count). The number of nitrogens with zero attached hydrogens (tertiary/aromatic N) is 1. The first-order valence-corrected chi connectivity index (χ1v) is 11.4. The van der Waals surface area contributed by atoms with E-state index in [9.17, 15) is 18.3 Å². The summed E-state index contributed by atoms with van der Waals surface area (Å²) in [6.45, 7) is 3.74. The fourth-order valence-corrected chi connectivity index (χ4v) is 3.81. The van der Waals surface area contributed by atoms with Gasteiger partial charge in [-0.25, -0.2) is 13.1 Å². The van der Waals surface area contributed by atoms with E-state index in [1.807, 2.05) is 30.3 Å². The third-order valence-electron chi connectivity index (χ3n) is 4.78. The Bertz CT molecular complexity index is 1180. The van der Waals surface area contributed by atoms with Crippen LogP contribution < -0.4 is 4.72 Å². The molecule has 0 aliphatic carbocycles. The maximum Gasteiger partial charge on any atom is 0.211 e. The third kappa shape index (κ3) is 4.95. The highest BCUT2D eigenvalue weighted by atomic mass is 32.2. The van der Waals surface area contributed by atoms with Crippen molar-refractivity contribution < 1.29 is 18.3 Å². The lowest BCUT2D eigenvalue weighted by Crippen LogP contribution is -2.26. The maximum absolute atomic E-state index is 11.8. The van der Waals surface area contributed by atoms with Gasteiger partial charge in [0.25, 0.3) is 0 Å². The number of hydrogen-bond acceptors (Lipinski definition) is 5. The zero-order valence-electron chi connectivity index (χ0n) is 17.0. The number of fused-ring (bicyclic) bond motifs is 1. The molecule has 3 aromatic rings. The predicted octanol–water partition coefficient (Wildman–Crippen LogP) is 3.24. The summed E-state index contributed by atoms with van der Waals surface area (Å²) in [5.74, 6) is -0.0577. The summed E-state index contributed by atoms with van der Waals surface area (Å²) >= 11 is 0. The molecular formula is C22H25N3O4S. The number of nitrogens with one attached hydrogen (secondary N) is 2. The summed E-state index contributed by atoms with van der Waals surface area (Å²) in [5, 5.41) is 11.3. The number of rotatable bonds is 9. The molecular weight excluding hydrogens is 402 g/mol. The number of aromatic nitrogens is 1. The molecule has 0 unspecified atom stereocenters. The first kappa shape index (κ1) is 21.7. The van der Waals surface area contributed by atoms with Crippen molar-refractivity contribution in [2.45, 2.75) is 20.3 Å². The monoisotopic (exact) mass is 427 g/mol. The van der Waals surface area contributed by atoms with Gasteiger partial charge >= 0.3 is 0 Å². The Morgan fingerprint density at radius 2 is 1.87 bits per heavy atom. The second kappa shape index (κ2) is 9.23. The van der Waals surface area contributed by atoms with Gasteiger partial charge < -0.3 is 10.1 Å². The number of ketones is 1. The number of carbonyl (C=O) groups is 1. The lowest BCUT2D eigenvalue weighted by atomic mass is 9.99. The zero-order valence-corrected chi connectivity index (χ0v) is 17.8. The van der Waals surface area contributed by atoms with Crippen LogP contribution in [-0.4, -0.2) is 48.8 Å². The molecule has 3 N–H and O–H groups in total. The largest absolute Gasteiger partial charge is 0.494 e. The lowest BCUT2D eigenvalue weighted by molar-refractivity contribution is 0.101. The average Bonchev–Trinajstić information content (AvgIpc) is 3.06. The Labute approximate surface area is 175 Å². The van der Waals surface area contributed by atoms with Gasteiger partial charge in [0.05, 0.1) is 17.0 Å². The minimum Gasteiger partial charge on any atom is -0.494 e. The van der Waals surface area contributed by atoms with Crippen LogP contribution in [0, 0.1) is 0 Å². The van der Waals surface area contributed by atoms with E-state index in [1.54, 1.807) is 25.1 Å². The molecule has 7 nitrogen and oxygen atoms in total. The van der Waals surface area contributed by atoms with Crippen LogP contribution in [0.3, 0.4) is 0 Å². The van der Waals surface area contributed by atoms with Crippen LogP contribution in [-0.2, 0) is 10.0 Å². The van der Waals surface area contributed by atoms with Gasteiger partial charge in [-0.1, -0.05) is 30.3 Å². The zero-order chi connectivity index (χ0) is 21.7. The lowest BCUT2D eigenvalue weighted by Gasteiger charge is -2.09. The van der Waals surface area contributed by atoms with Gasteiger partial charge in [0.1, 0.15) is 0 Å². The van der Waals surface area contributed by atoms with Gasteiger partial charge in [-0.15, -0.1) is 0 Å². The van der Waals surface area contributed by atoms with Gasteiger partial charge in [0.15, 0.2) is 11.7 Å². The number of hydrogen-bond donors (Lipinski definition) is 3. The van der Waals surface area contributed by atoms with E-state index < -0.39 is 10.0 Å². The molecule has 0 aliphatic rings. The van der Waals surface area contributed by atoms with Crippen LogP contribution in [0.25, 0.3) is 10.9 Å². The summed E-state index contributed by atoms with van der Waals surface area (Å²) < 4.78 is 25.7. The summed E-state index contributed by atoms with van der Waals surface area (Å²) in [5.41, 5.74) is 3.17. The molecule has 8 heteroatoms. The van der Waals surface area contributed by atoms with Gasteiger partial charge in [-0.05, 0) is 38.5 Å². The van der Waals surface area contributed by atoms with E-state index in [0.717, 1.165) is 5.56 Å². The van der Waals surface area contributed by atoms with Gasteiger partial charge in [0.2, 0.25) is 10.0 Å². The number of benzene rings is 2. The SMILES string of the molecule is CCS(=O)(=O)NCCCN=C(c1ccccc1)c1c(O)[nH]c2ccc(C(C)=O)cc12. The normalized spacial score (nSPS) is 12.4. The highest BCUT2D eigenvalue weighted by molar-refractivity contribution is 7.89. The minimum absolute atomic E-state index is 0.0278. The van der Waals surface area contributed by atoms with E-state index in [2.05, 4.69) is 14.7 Å². The van der Waals surface area contributed by atoms with Crippen LogP contribution in [0.15, 0.2) is 53.5 Å². The van der Waals surface area contributed by atoms with Crippen molar-refractivity contribution in [3.63, 3.8) is 0 Å². The van der Waals surface area contributed by atoms with Crippen LogP contribution >= 0.6 is 0 Å². The molecule has 0 saturated carbocycles. The second-order valence-corrected chi connectivity index (χ2v) is 9.01. The maximum atomic E-state index is 11.8. The van der Waals surface area contributed by atoms with Crippen LogP contribution in [0.1, 0.15) is 41.8 Å². The molecule has 1 heterocycles. The highest BCUT2D eigenvalue weighted by Crippen LogP contribution is 2.31. The molecule has 0 amide bonds. The van der Waals surface area contributed by atoms with Gasteiger partial charge in [0, 0.05) is 35.1 Å². The van der Waals surface area contributed by atoms with Crippen LogP contribution in [0.5, 0.6) is 5.88 Å². The Balaban J connectivity index is 1.98. The molecule has 0 aliphatic heterocycles. The Morgan fingerprint density at radius 3 is 2.53 bits per heavy atom. The van der Waals surface area contributed by atoms with E-state index in [1.165, 1.54) is 6.92 Å². The number of sulfonamides is 1. The van der Waals surface area contributed by atoms with E-state index in [0.29, 0.717) is 40.7 Å². The van der Waals surface area contributed by atoms with Crippen LogP contribution in [0.4, 0.5) is 0 Å². The van der Waals surface area contributed by atoms with E-state index >= 15 is 0 Å². The van der Waals surface area contributed by atoms with Crippen molar-refractivity contribution in [1.82, 2.24) is 9.71 Å². The van der Waals surface area contributed by atoms with Crippen molar-refractivity contribution in [3.05, 3.63) is 65.2 Å². The topological polar surface area (TPSA) is 112 Å². The van der Waals surface area contributed by atoms with Crippen molar-refractivity contribution in [3.8, 4) is 5.88 Å². The minimum atomic E-state index is -3.24. The average molecular weight is 428 g/mol. The molecule has 1 aromatic heterocycles. The smallest absolute Gasteiger partial charge is 0.211 e. The number of Topliss-reactive ketones (excluding diaryl/α,β-unsaturated/α-hetero) is 1. The molecule has 0 atom stereocenters. The summed E-state index contributed by atoms with van der Waals surface area (Å²) in [7, 11) is -3.24. The molecule has 0 radical (unpaired) electrons. The van der Waals surface area contributed by atoms with Crippen LogP contribution in [0.2, 0.25) is 0 Å². The first-order valence-electron chi connectivity index (χ1n) is 9.75. The quantitative estimate of drug-likeness (QED) is 0.276. The number of aliphatic imine (C=N–C) groups is 1. The molecule has 0 saturated heterocycles. The Hall–Kier alpha value is -2.97. The van der Waals surface area contributed by atoms with Crippen molar-refractivity contribution in [2.75, 3.05) is 18.8 Å².